The normalized spacial score (nSPS) is 10.5. The van der Waals surface area contributed by atoms with Crippen molar-refractivity contribution in [2.45, 2.75) is 13.0 Å². The summed E-state index contributed by atoms with van der Waals surface area (Å²) in [5.74, 6) is 0.927. The van der Waals surface area contributed by atoms with Gasteiger partial charge in [-0.15, -0.1) is 11.3 Å². The second-order valence-corrected chi connectivity index (χ2v) is 4.47. The van der Waals surface area contributed by atoms with E-state index in [0.717, 1.165) is 0 Å². The minimum Gasteiger partial charge on any atom is -0.375 e. The van der Waals surface area contributed by atoms with Crippen LogP contribution in [0.4, 0.5) is 0 Å². The van der Waals surface area contributed by atoms with Gasteiger partial charge in [-0.3, -0.25) is 4.79 Å². The van der Waals surface area contributed by atoms with Gasteiger partial charge in [0.05, 0.1) is 4.88 Å². The quantitative estimate of drug-likeness (QED) is 0.852. The van der Waals surface area contributed by atoms with Crippen LogP contribution in [0.1, 0.15) is 21.4 Å². The van der Waals surface area contributed by atoms with Gasteiger partial charge in [0.25, 0.3) is 11.8 Å². The van der Waals surface area contributed by atoms with Crippen LogP contribution in [0, 0.1) is 0 Å². The maximum Gasteiger partial charge on any atom is 0.261 e. The molecular weight excluding hydrogens is 254 g/mol. The molecule has 2 rings (SSSR count). The number of thiophene rings is 1. The highest BCUT2D eigenvalue weighted by Crippen LogP contribution is 2.07. The molecule has 0 saturated heterocycles. The number of aromatic nitrogens is 2. The highest BCUT2D eigenvalue weighted by Gasteiger charge is 2.08. The molecule has 2 aromatic heterocycles. The molecule has 0 aliphatic rings. The van der Waals surface area contributed by atoms with E-state index in [9.17, 15) is 4.79 Å². The molecule has 7 heteroatoms. The number of amides is 1. The Hall–Kier alpha value is -1.73. The first-order valence-corrected chi connectivity index (χ1v) is 6.29. The first-order valence-electron chi connectivity index (χ1n) is 5.41. The van der Waals surface area contributed by atoms with Crippen molar-refractivity contribution >= 4 is 17.2 Å². The molecule has 6 nitrogen and oxygen atoms in total. The molecule has 96 valence electrons. The number of methoxy groups -OCH3 is 1. The van der Waals surface area contributed by atoms with Crippen molar-refractivity contribution in [2.24, 2.45) is 0 Å². The monoisotopic (exact) mass is 267 g/mol. The Balaban J connectivity index is 1.76. The van der Waals surface area contributed by atoms with Gasteiger partial charge in [0.2, 0.25) is 0 Å². The van der Waals surface area contributed by atoms with Crippen LogP contribution in [0.15, 0.2) is 22.0 Å². The average Bonchev–Trinajstić information content (AvgIpc) is 3.00. The van der Waals surface area contributed by atoms with E-state index in [1.54, 1.807) is 13.2 Å². The highest BCUT2D eigenvalue weighted by atomic mass is 32.1. The molecule has 1 amide bonds. The van der Waals surface area contributed by atoms with Gasteiger partial charge >= 0.3 is 0 Å². The first kappa shape index (κ1) is 12.7. The smallest absolute Gasteiger partial charge is 0.261 e. The summed E-state index contributed by atoms with van der Waals surface area (Å²) in [5.41, 5.74) is 0. The predicted molar refractivity (Wildman–Crippen MR) is 65.4 cm³/mol. The number of rotatable bonds is 6. The molecule has 0 atom stereocenters. The lowest BCUT2D eigenvalue weighted by Crippen LogP contribution is -2.25. The lowest BCUT2D eigenvalue weighted by Gasteiger charge is -2.00. The van der Waals surface area contributed by atoms with Gasteiger partial charge in [0.15, 0.2) is 5.82 Å². The fraction of sp³-hybridized carbons (Fsp3) is 0.364. The lowest BCUT2D eigenvalue weighted by molar-refractivity contribution is 0.0958. The van der Waals surface area contributed by atoms with Crippen LogP contribution >= 0.6 is 11.3 Å². The molecule has 0 unspecified atom stereocenters. The van der Waals surface area contributed by atoms with E-state index in [1.165, 1.54) is 11.3 Å². The Morgan fingerprint density at radius 1 is 1.61 bits per heavy atom. The number of ether oxygens (including phenoxy) is 1. The number of nitrogens with one attached hydrogen (secondary N) is 1. The zero-order chi connectivity index (χ0) is 12.8. The van der Waals surface area contributed by atoms with Crippen molar-refractivity contribution in [1.29, 1.82) is 0 Å². The third kappa shape index (κ3) is 3.38. The molecule has 2 aromatic rings. The van der Waals surface area contributed by atoms with E-state index in [2.05, 4.69) is 15.5 Å². The summed E-state index contributed by atoms with van der Waals surface area (Å²) in [7, 11) is 1.56. The molecule has 0 aromatic carbocycles. The van der Waals surface area contributed by atoms with Crippen molar-refractivity contribution in [3.8, 4) is 0 Å². The molecule has 1 N–H and O–H groups in total. The predicted octanol–water partition coefficient (Wildman–Crippen LogP) is 1.25. The van der Waals surface area contributed by atoms with Crippen LogP contribution in [0.3, 0.4) is 0 Å². The van der Waals surface area contributed by atoms with Crippen LogP contribution in [0.5, 0.6) is 0 Å². The van der Waals surface area contributed by atoms with Crippen molar-refractivity contribution in [3.63, 3.8) is 0 Å². The van der Waals surface area contributed by atoms with E-state index in [1.807, 2.05) is 11.4 Å². The fourth-order valence-electron chi connectivity index (χ4n) is 1.36. The molecular formula is C11H13N3O3S. The summed E-state index contributed by atoms with van der Waals surface area (Å²) < 4.78 is 9.81. The van der Waals surface area contributed by atoms with Gasteiger partial charge in [0.1, 0.15) is 6.61 Å². The van der Waals surface area contributed by atoms with Crippen LogP contribution in [-0.4, -0.2) is 29.7 Å². The second-order valence-electron chi connectivity index (χ2n) is 3.52. The third-order valence-corrected chi connectivity index (χ3v) is 3.03. The first-order chi connectivity index (χ1) is 8.79. The van der Waals surface area contributed by atoms with Gasteiger partial charge in [0, 0.05) is 20.1 Å². The fourth-order valence-corrected chi connectivity index (χ4v) is 2.00. The summed E-state index contributed by atoms with van der Waals surface area (Å²) >= 11 is 1.41. The maximum atomic E-state index is 11.6. The Labute approximate surface area is 108 Å². The summed E-state index contributed by atoms with van der Waals surface area (Å²) in [4.78, 5) is 16.4. The molecule has 18 heavy (non-hydrogen) atoms. The maximum absolute atomic E-state index is 11.6. The van der Waals surface area contributed by atoms with Crippen molar-refractivity contribution in [3.05, 3.63) is 34.1 Å². The summed E-state index contributed by atoms with van der Waals surface area (Å²) in [6.45, 7) is 0.775. The SMILES string of the molecule is COCc1nc(CCNC(=O)c2cccs2)no1. The largest absolute Gasteiger partial charge is 0.375 e. The number of carbonyl (C=O) groups is 1. The number of hydrogen-bond donors (Lipinski definition) is 1. The average molecular weight is 267 g/mol. The molecule has 0 saturated carbocycles. The molecule has 0 aliphatic carbocycles. The van der Waals surface area contributed by atoms with E-state index < -0.39 is 0 Å². The molecule has 0 bridgehead atoms. The van der Waals surface area contributed by atoms with Gasteiger partial charge < -0.3 is 14.6 Å². The molecule has 2 heterocycles. The van der Waals surface area contributed by atoms with Crippen LogP contribution in [-0.2, 0) is 17.8 Å². The van der Waals surface area contributed by atoms with Crippen molar-refractivity contribution in [2.75, 3.05) is 13.7 Å². The van der Waals surface area contributed by atoms with Crippen molar-refractivity contribution < 1.29 is 14.1 Å². The van der Waals surface area contributed by atoms with E-state index in [4.69, 9.17) is 9.26 Å². The van der Waals surface area contributed by atoms with Crippen LogP contribution in [0.2, 0.25) is 0 Å². The number of hydrogen-bond acceptors (Lipinski definition) is 6. The topological polar surface area (TPSA) is 77.2 Å². The zero-order valence-electron chi connectivity index (χ0n) is 9.88. The molecule has 0 aliphatic heterocycles. The minimum atomic E-state index is -0.0781. The third-order valence-electron chi connectivity index (χ3n) is 2.16. The van der Waals surface area contributed by atoms with Gasteiger partial charge in [-0.05, 0) is 11.4 Å². The Kier molecular flexibility index (Phi) is 4.43. The summed E-state index contributed by atoms with van der Waals surface area (Å²) in [6.07, 6.45) is 0.532. The highest BCUT2D eigenvalue weighted by molar-refractivity contribution is 7.12. The van der Waals surface area contributed by atoms with Gasteiger partial charge in [-0.25, -0.2) is 0 Å². The Morgan fingerprint density at radius 3 is 3.22 bits per heavy atom. The van der Waals surface area contributed by atoms with E-state index >= 15 is 0 Å². The van der Waals surface area contributed by atoms with E-state index in [0.29, 0.717) is 36.2 Å². The number of carbonyl (C=O) groups excluding carboxylic acids is 1. The molecule has 0 spiro atoms. The van der Waals surface area contributed by atoms with E-state index in [-0.39, 0.29) is 5.91 Å². The lowest BCUT2D eigenvalue weighted by atomic mass is 10.4. The Bertz CT molecular complexity index is 495. The van der Waals surface area contributed by atoms with Gasteiger partial charge in [-0.1, -0.05) is 11.2 Å². The molecule has 0 fully saturated rings. The van der Waals surface area contributed by atoms with Crippen LogP contribution in [0.25, 0.3) is 0 Å². The second kappa shape index (κ2) is 6.27. The standard InChI is InChI=1S/C11H13N3O3S/c1-16-7-10-13-9(14-17-10)4-5-12-11(15)8-3-2-6-18-8/h2-3,6H,4-5,7H2,1H3,(H,12,15). The van der Waals surface area contributed by atoms with Crippen molar-refractivity contribution in [1.82, 2.24) is 15.5 Å². The molecule has 0 radical (unpaired) electrons. The Morgan fingerprint density at radius 2 is 2.50 bits per heavy atom. The number of nitrogens with zero attached hydrogens (tertiary/aromatic N) is 2. The summed E-state index contributed by atoms with van der Waals surface area (Å²) in [6, 6.07) is 3.63. The van der Waals surface area contributed by atoms with Gasteiger partial charge in [-0.2, -0.15) is 4.98 Å². The minimum absolute atomic E-state index is 0.0781. The zero-order valence-corrected chi connectivity index (χ0v) is 10.7. The summed E-state index contributed by atoms with van der Waals surface area (Å²) in [5, 5.41) is 8.44. The van der Waals surface area contributed by atoms with Crippen LogP contribution < -0.4 is 5.32 Å².